The lowest BCUT2D eigenvalue weighted by atomic mass is 9.99. The third kappa shape index (κ3) is 4.60. The molecule has 0 atom stereocenters. The van der Waals surface area contributed by atoms with Gasteiger partial charge in [0.05, 0.1) is 0 Å². The highest BCUT2D eigenvalue weighted by Gasteiger charge is 2.19. The van der Waals surface area contributed by atoms with Crippen LogP contribution in [0.5, 0.6) is 0 Å². The van der Waals surface area contributed by atoms with Crippen molar-refractivity contribution in [2.45, 2.75) is 32.7 Å². The lowest BCUT2D eigenvalue weighted by molar-refractivity contribution is -0.132. The Labute approximate surface area is 120 Å². The maximum Gasteiger partial charge on any atom is 0.223 e. The molecule has 1 heterocycles. The van der Waals surface area contributed by atoms with Crippen LogP contribution >= 0.6 is 0 Å². The predicted molar refractivity (Wildman–Crippen MR) is 77.7 cm³/mol. The van der Waals surface area contributed by atoms with E-state index in [2.05, 4.69) is 12.2 Å². The zero-order valence-corrected chi connectivity index (χ0v) is 12.1. The molecule has 0 radical (unpaired) electrons. The number of carbonyl (C=O) groups excluding carboxylic acids is 1. The molecule has 0 bridgehead atoms. The summed E-state index contributed by atoms with van der Waals surface area (Å²) in [6, 6.07) is 6.43. The molecule has 1 aliphatic heterocycles. The van der Waals surface area contributed by atoms with Gasteiger partial charge in [-0.15, -0.1) is 0 Å². The molecule has 0 spiro atoms. The number of hydrogen-bond acceptors (Lipinski definition) is 2. The average molecular weight is 278 g/mol. The van der Waals surface area contributed by atoms with Crippen molar-refractivity contribution in [2.75, 3.05) is 19.6 Å². The summed E-state index contributed by atoms with van der Waals surface area (Å²) in [5.41, 5.74) is 1.03. The minimum atomic E-state index is -0.219. The van der Waals surface area contributed by atoms with E-state index >= 15 is 0 Å². The average Bonchev–Trinajstić information content (AvgIpc) is 2.46. The smallest absolute Gasteiger partial charge is 0.223 e. The van der Waals surface area contributed by atoms with E-state index in [4.69, 9.17) is 0 Å². The zero-order valence-electron chi connectivity index (χ0n) is 12.1. The summed E-state index contributed by atoms with van der Waals surface area (Å²) < 4.78 is 12.7. The molecular formula is C16H23FN2O. The van der Waals surface area contributed by atoms with Crippen LogP contribution in [0, 0.1) is 11.7 Å². The Morgan fingerprint density at radius 3 is 2.60 bits per heavy atom. The Bertz CT molecular complexity index is 425. The minimum Gasteiger partial charge on any atom is -0.343 e. The summed E-state index contributed by atoms with van der Waals surface area (Å²) in [5.74, 6) is 0.766. The summed E-state index contributed by atoms with van der Waals surface area (Å²) in [6.07, 6.45) is 2.78. The number of amides is 1. The van der Waals surface area contributed by atoms with Gasteiger partial charge in [-0.3, -0.25) is 4.79 Å². The van der Waals surface area contributed by atoms with Crippen LogP contribution in [0.15, 0.2) is 24.3 Å². The molecule has 1 N–H and O–H groups in total. The topological polar surface area (TPSA) is 32.3 Å². The first-order valence-corrected chi connectivity index (χ1v) is 7.38. The third-order valence-electron chi connectivity index (χ3n) is 3.89. The second-order valence-corrected chi connectivity index (χ2v) is 5.62. The number of rotatable bonds is 5. The first-order chi connectivity index (χ1) is 9.65. The van der Waals surface area contributed by atoms with Crippen molar-refractivity contribution in [3.8, 4) is 0 Å². The number of hydrogen-bond donors (Lipinski definition) is 1. The molecule has 3 nitrogen and oxygen atoms in total. The number of piperidine rings is 1. The Morgan fingerprint density at radius 2 is 1.95 bits per heavy atom. The fourth-order valence-electron chi connectivity index (χ4n) is 2.45. The zero-order chi connectivity index (χ0) is 14.4. The summed E-state index contributed by atoms with van der Waals surface area (Å²) in [6.45, 7) is 5.38. The molecule has 0 aliphatic carbocycles. The van der Waals surface area contributed by atoms with Crippen molar-refractivity contribution in [2.24, 2.45) is 5.92 Å². The van der Waals surface area contributed by atoms with Crippen LogP contribution in [0.4, 0.5) is 4.39 Å². The van der Waals surface area contributed by atoms with E-state index in [1.165, 1.54) is 12.1 Å². The fourth-order valence-corrected chi connectivity index (χ4v) is 2.45. The van der Waals surface area contributed by atoms with E-state index in [1.54, 1.807) is 12.1 Å². The van der Waals surface area contributed by atoms with E-state index in [0.717, 1.165) is 37.4 Å². The van der Waals surface area contributed by atoms with E-state index in [0.29, 0.717) is 19.5 Å². The van der Waals surface area contributed by atoms with Gasteiger partial charge in [-0.2, -0.15) is 0 Å². The van der Waals surface area contributed by atoms with Crippen molar-refractivity contribution in [1.29, 1.82) is 0 Å². The summed E-state index contributed by atoms with van der Waals surface area (Å²) >= 11 is 0. The molecule has 1 fully saturated rings. The highest BCUT2D eigenvalue weighted by molar-refractivity contribution is 5.76. The van der Waals surface area contributed by atoms with Gasteiger partial charge in [0.1, 0.15) is 5.82 Å². The van der Waals surface area contributed by atoms with Gasteiger partial charge in [0.25, 0.3) is 0 Å². The molecule has 2 rings (SSSR count). The Kier molecular flexibility index (Phi) is 5.53. The second kappa shape index (κ2) is 7.39. The van der Waals surface area contributed by atoms with Crippen LogP contribution < -0.4 is 5.32 Å². The summed E-state index contributed by atoms with van der Waals surface area (Å²) in [4.78, 5) is 14.0. The highest BCUT2D eigenvalue weighted by Crippen LogP contribution is 2.16. The van der Waals surface area contributed by atoms with Gasteiger partial charge in [0, 0.05) is 32.6 Å². The number of likely N-dealkylation sites (tertiary alicyclic amines) is 1. The van der Waals surface area contributed by atoms with Crippen LogP contribution in [0.25, 0.3) is 0 Å². The van der Waals surface area contributed by atoms with E-state index in [-0.39, 0.29) is 11.7 Å². The lowest BCUT2D eigenvalue weighted by Gasteiger charge is -2.30. The number of nitrogens with zero attached hydrogens (tertiary/aromatic N) is 1. The largest absolute Gasteiger partial charge is 0.343 e. The molecule has 0 saturated carbocycles. The van der Waals surface area contributed by atoms with Gasteiger partial charge in [-0.05, 0) is 36.5 Å². The number of nitrogens with one attached hydrogen (secondary N) is 1. The maximum atomic E-state index is 12.7. The lowest BCUT2D eigenvalue weighted by Crippen LogP contribution is -2.39. The van der Waals surface area contributed by atoms with Crippen molar-refractivity contribution in [3.63, 3.8) is 0 Å². The first-order valence-electron chi connectivity index (χ1n) is 7.38. The molecular weight excluding hydrogens is 255 g/mol. The maximum absolute atomic E-state index is 12.7. The molecule has 20 heavy (non-hydrogen) atoms. The van der Waals surface area contributed by atoms with Crippen molar-refractivity contribution < 1.29 is 9.18 Å². The normalized spacial score (nSPS) is 16.4. The molecule has 1 aromatic rings. The van der Waals surface area contributed by atoms with Gasteiger partial charge >= 0.3 is 0 Å². The van der Waals surface area contributed by atoms with Crippen LogP contribution in [0.2, 0.25) is 0 Å². The van der Waals surface area contributed by atoms with Crippen LogP contribution in [-0.4, -0.2) is 30.4 Å². The number of benzene rings is 1. The van der Waals surface area contributed by atoms with E-state index in [9.17, 15) is 9.18 Å². The van der Waals surface area contributed by atoms with Gasteiger partial charge in [-0.1, -0.05) is 19.1 Å². The van der Waals surface area contributed by atoms with Crippen LogP contribution in [-0.2, 0) is 11.3 Å². The number of carbonyl (C=O) groups is 1. The standard InChI is InChI=1S/C16H23FN2O/c1-13-7-10-19(11-8-13)16(20)6-9-18-12-14-2-4-15(17)5-3-14/h2-5,13,18H,6-12H2,1H3. The molecule has 4 heteroatoms. The van der Waals surface area contributed by atoms with Crippen molar-refractivity contribution in [1.82, 2.24) is 10.2 Å². The SMILES string of the molecule is CC1CCN(C(=O)CCNCc2ccc(F)cc2)CC1. The molecule has 1 saturated heterocycles. The monoisotopic (exact) mass is 278 g/mol. The van der Waals surface area contributed by atoms with Gasteiger partial charge in [0.15, 0.2) is 0 Å². The molecule has 110 valence electrons. The van der Waals surface area contributed by atoms with Crippen LogP contribution in [0.3, 0.4) is 0 Å². The molecule has 1 amide bonds. The first kappa shape index (κ1) is 15.0. The van der Waals surface area contributed by atoms with Crippen molar-refractivity contribution >= 4 is 5.91 Å². The van der Waals surface area contributed by atoms with E-state index < -0.39 is 0 Å². The Hall–Kier alpha value is -1.42. The highest BCUT2D eigenvalue weighted by atomic mass is 19.1. The van der Waals surface area contributed by atoms with Gasteiger partial charge < -0.3 is 10.2 Å². The predicted octanol–water partition coefficient (Wildman–Crippen LogP) is 2.56. The molecule has 1 aromatic carbocycles. The second-order valence-electron chi connectivity index (χ2n) is 5.62. The molecule has 0 unspecified atom stereocenters. The summed E-state index contributed by atoms with van der Waals surface area (Å²) in [5, 5.41) is 3.23. The third-order valence-corrected chi connectivity index (χ3v) is 3.89. The van der Waals surface area contributed by atoms with Crippen molar-refractivity contribution in [3.05, 3.63) is 35.6 Å². The minimum absolute atomic E-state index is 0.219. The fraction of sp³-hybridized carbons (Fsp3) is 0.562. The van der Waals surface area contributed by atoms with Gasteiger partial charge in [0.2, 0.25) is 5.91 Å². The molecule has 1 aliphatic rings. The van der Waals surface area contributed by atoms with E-state index in [1.807, 2.05) is 4.90 Å². The Balaban J connectivity index is 1.63. The summed E-state index contributed by atoms with van der Waals surface area (Å²) in [7, 11) is 0. The quantitative estimate of drug-likeness (QED) is 0.840. The Morgan fingerprint density at radius 1 is 1.30 bits per heavy atom. The van der Waals surface area contributed by atoms with Gasteiger partial charge in [-0.25, -0.2) is 4.39 Å². The van der Waals surface area contributed by atoms with Crippen LogP contribution in [0.1, 0.15) is 31.7 Å². The number of halogens is 1. The molecule has 0 aromatic heterocycles.